The topological polar surface area (TPSA) is 55.2 Å². The van der Waals surface area contributed by atoms with Gasteiger partial charge in [0.05, 0.1) is 12.3 Å². The number of aromatic amines is 1. The van der Waals surface area contributed by atoms with Gasteiger partial charge in [-0.2, -0.15) is 14.9 Å². The van der Waals surface area contributed by atoms with E-state index in [0.29, 0.717) is 17.0 Å². The lowest BCUT2D eigenvalue weighted by molar-refractivity contribution is 0.242. The predicted octanol–water partition coefficient (Wildman–Crippen LogP) is 4.34. The minimum Gasteiger partial charge on any atom is -0.491 e. The van der Waals surface area contributed by atoms with Crippen molar-refractivity contribution in [3.05, 3.63) is 76.1 Å². The first-order chi connectivity index (χ1) is 12.5. The molecule has 1 N–H and O–H groups in total. The molecule has 134 valence electrons. The molecule has 0 bridgehead atoms. The lowest BCUT2D eigenvalue weighted by atomic mass is 10.1. The molecule has 26 heavy (non-hydrogen) atoms. The van der Waals surface area contributed by atoms with Crippen LogP contribution in [-0.2, 0) is 6.42 Å². The minimum absolute atomic E-state index is 0.132. The molecule has 2 aromatic carbocycles. The molecule has 0 spiro atoms. The number of rotatable bonds is 6. The second-order valence-electron chi connectivity index (χ2n) is 6.04. The molecule has 0 atom stereocenters. The Bertz CT molecular complexity index is 943. The quantitative estimate of drug-likeness (QED) is 0.519. The normalized spacial score (nSPS) is 11.4. The van der Waals surface area contributed by atoms with Crippen molar-refractivity contribution in [2.45, 2.75) is 26.4 Å². The Balaban J connectivity index is 1.77. The molecule has 5 nitrogen and oxygen atoms in total. The van der Waals surface area contributed by atoms with Crippen LogP contribution < -0.4 is 4.74 Å². The van der Waals surface area contributed by atoms with Crippen LogP contribution in [0, 0.1) is 10.6 Å². The molecular formula is C19H19FN4OS. The van der Waals surface area contributed by atoms with Gasteiger partial charge in [0.25, 0.3) is 0 Å². The standard InChI is InChI=1S/C19H19FN4OS/c1-13(2)25-17-9-5-15(6-10-17)12-21-24-18(22-23-19(24)26)11-14-3-7-16(20)8-4-14/h3-10,12-13H,11H2,1-2H3,(H,23,26)/b21-12-. The van der Waals surface area contributed by atoms with Crippen molar-refractivity contribution < 1.29 is 9.13 Å². The van der Waals surface area contributed by atoms with Crippen molar-refractivity contribution in [2.75, 3.05) is 0 Å². The van der Waals surface area contributed by atoms with Gasteiger partial charge in [0.15, 0.2) is 5.82 Å². The van der Waals surface area contributed by atoms with Crippen molar-refractivity contribution in [3.63, 3.8) is 0 Å². The fourth-order valence-corrected chi connectivity index (χ4v) is 2.57. The summed E-state index contributed by atoms with van der Waals surface area (Å²) in [5.74, 6) is 1.20. The summed E-state index contributed by atoms with van der Waals surface area (Å²) in [7, 11) is 0. The number of benzene rings is 2. The average molecular weight is 370 g/mol. The summed E-state index contributed by atoms with van der Waals surface area (Å²) in [6, 6.07) is 13.9. The molecule has 0 aliphatic heterocycles. The van der Waals surface area contributed by atoms with Gasteiger partial charge >= 0.3 is 0 Å². The van der Waals surface area contributed by atoms with Crippen LogP contribution in [0.2, 0.25) is 0 Å². The zero-order valence-electron chi connectivity index (χ0n) is 14.5. The maximum absolute atomic E-state index is 13.0. The summed E-state index contributed by atoms with van der Waals surface area (Å²) >= 11 is 5.24. The van der Waals surface area contributed by atoms with Gasteiger partial charge in [-0.25, -0.2) is 4.39 Å². The van der Waals surface area contributed by atoms with Crippen molar-refractivity contribution in [2.24, 2.45) is 5.10 Å². The number of ether oxygens (including phenoxy) is 1. The molecule has 0 saturated carbocycles. The predicted molar refractivity (Wildman–Crippen MR) is 102 cm³/mol. The molecule has 0 aliphatic carbocycles. The fraction of sp³-hybridized carbons (Fsp3) is 0.211. The van der Waals surface area contributed by atoms with E-state index in [0.717, 1.165) is 16.9 Å². The fourth-order valence-electron chi connectivity index (χ4n) is 2.37. The highest BCUT2D eigenvalue weighted by Crippen LogP contribution is 2.13. The van der Waals surface area contributed by atoms with Gasteiger partial charge in [-0.05, 0) is 73.6 Å². The van der Waals surface area contributed by atoms with Gasteiger partial charge in [0, 0.05) is 6.42 Å². The molecule has 0 fully saturated rings. The van der Waals surface area contributed by atoms with Crippen molar-refractivity contribution in [1.82, 2.24) is 14.9 Å². The SMILES string of the molecule is CC(C)Oc1ccc(/C=N\n2c(Cc3ccc(F)cc3)n[nH]c2=S)cc1. The number of hydrogen-bond donors (Lipinski definition) is 1. The first-order valence-electron chi connectivity index (χ1n) is 8.23. The third kappa shape index (κ3) is 4.64. The van der Waals surface area contributed by atoms with Crippen molar-refractivity contribution in [1.29, 1.82) is 0 Å². The second kappa shape index (κ2) is 8.05. The molecule has 1 heterocycles. The Morgan fingerprint density at radius 1 is 1.19 bits per heavy atom. The summed E-state index contributed by atoms with van der Waals surface area (Å²) < 4.78 is 20.6. The van der Waals surface area contributed by atoms with Crippen molar-refractivity contribution in [3.8, 4) is 5.75 Å². The van der Waals surface area contributed by atoms with Crippen LogP contribution in [0.3, 0.4) is 0 Å². The molecule has 0 radical (unpaired) electrons. The molecule has 0 amide bonds. The lowest BCUT2D eigenvalue weighted by Gasteiger charge is -2.09. The molecule has 0 aliphatic rings. The maximum atomic E-state index is 13.0. The van der Waals surface area contributed by atoms with Crippen molar-refractivity contribution >= 4 is 18.4 Å². The summed E-state index contributed by atoms with van der Waals surface area (Å²) in [5, 5.41) is 11.4. The Morgan fingerprint density at radius 3 is 2.54 bits per heavy atom. The van der Waals surface area contributed by atoms with E-state index < -0.39 is 0 Å². The Morgan fingerprint density at radius 2 is 1.88 bits per heavy atom. The van der Waals surface area contributed by atoms with E-state index in [4.69, 9.17) is 17.0 Å². The minimum atomic E-state index is -0.268. The number of nitrogens with zero attached hydrogens (tertiary/aromatic N) is 3. The Hall–Kier alpha value is -2.80. The van der Waals surface area contributed by atoms with Crippen LogP contribution in [0.4, 0.5) is 4.39 Å². The van der Waals surface area contributed by atoms with Gasteiger partial charge in [-0.1, -0.05) is 12.1 Å². The van der Waals surface area contributed by atoms with E-state index in [2.05, 4.69) is 15.3 Å². The van der Waals surface area contributed by atoms with E-state index in [1.165, 1.54) is 12.1 Å². The molecule has 1 aromatic heterocycles. The van der Waals surface area contributed by atoms with Crippen LogP contribution in [0.1, 0.15) is 30.8 Å². The number of H-pyrrole nitrogens is 1. The van der Waals surface area contributed by atoms with Crippen LogP contribution in [0.15, 0.2) is 53.6 Å². The average Bonchev–Trinajstić information content (AvgIpc) is 2.96. The van der Waals surface area contributed by atoms with E-state index in [1.807, 2.05) is 38.1 Å². The lowest BCUT2D eigenvalue weighted by Crippen LogP contribution is -2.05. The van der Waals surface area contributed by atoms with Gasteiger partial charge in [-0.3, -0.25) is 5.10 Å². The maximum Gasteiger partial charge on any atom is 0.216 e. The highest BCUT2D eigenvalue weighted by Gasteiger charge is 2.06. The number of aromatic nitrogens is 3. The monoisotopic (exact) mass is 370 g/mol. The number of hydrogen-bond acceptors (Lipinski definition) is 4. The summed E-state index contributed by atoms with van der Waals surface area (Å²) in [6.07, 6.45) is 2.33. The molecule has 0 saturated heterocycles. The van der Waals surface area contributed by atoms with Gasteiger partial charge in [-0.15, -0.1) is 0 Å². The smallest absolute Gasteiger partial charge is 0.216 e. The zero-order valence-corrected chi connectivity index (χ0v) is 15.3. The van der Waals surface area contributed by atoms with Gasteiger partial charge < -0.3 is 4.74 Å². The van der Waals surface area contributed by atoms with E-state index in [9.17, 15) is 4.39 Å². The third-order valence-corrected chi connectivity index (χ3v) is 3.83. The molecule has 3 rings (SSSR count). The van der Waals surface area contributed by atoms with Crippen LogP contribution in [0.25, 0.3) is 0 Å². The largest absolute Gasteiger partial charge is 0.491 e. The molecular weight excluding hydrogens is 351 g/mol. The number of halogens is 1. The Kier molecular flexibility index (Phi) is 5.58. The highest BCUT2D eigenvalue weighted by atomic mass is 32.1. The Labute approximate surface area is 156 Å². The summed E-state index contributed by atoms with van der Waals surface area (Å²) in [6.45, 7) is 3.97. The van der Waals surface area contributed by atoms with Crippen LogP contribution >= 0.6 is 12.2 Å². The first kappa shape index (κ1) is 18.0. The molecule has 7 heteroatoms. The number of nitrogens with one attached hydrogen (secondary N) is 1. The molecule has 3 aromatic rings. The van der Waals surface area contributed by atoms with E-state index >= 15 is 0 Å². The first-order valence-corrected chi connectivity index (χ1v) is 8.64. The van der Waals surface area contributed by atoms with Gasteiger partial charge in [0.2, 0.25) is 4.77 Å². The summed E-state index contributed by atoms with van der Waals surface area (Å²) in [4.78, 5) is 0. The van der Waals surface area contributed by atoms with Crippen LogP contribution in [-0.4, -0.2) is 27.2 Å². The summed E-state index contributed by atoms with van der Waals surface area (Å²) in [5.41, 5.74) is 1.84. The highest BCUT2D eigenvalue weighted by molar-refractivity contribution is 7.71. The van der Waals surface area contributed by atoms with Gasteiger partial charge in [0.1, 0.15) is 11.6 Å². The van der Waals surface area contributed by atoms with Crippen LogP contribution in [0.5, 0.6) is 5.75 Å². The van der Waals surface area contributed by atoms with E-state index in [1.54, 1.807) is 23.0 Å². The van der Waals surface area contributed by atoms with E-state index in [-0.39, 0.29) is 11.9 Å². The zero-order chi connectivity index (χ0) is 18.5. The third-order valence-electron chi connectivity index (χ3n) is 3.57. The second-order valence-corrected chi connectivity index (χ2v) is 6.43. The molecule has 0 unspecified atom stereocenters.